The lowest BCUT2D eigenvalue weighted by atomic mass is 9.87. The van der Waals surface area contributed by atoms with E-state index in [-0.39, 0.29) is 6.61 Å². The van der Waals surface area contributed by atoms with Gasteiger partial charge in [0.25, 0.3) is 0 Å². The molecule has 2 aliphatic heterocycles. The van der Waals surface area contributed by atoms with Crippen LogP contribution in [0.5, 0.6) is 0 Å². The van der Waals surface area contributed by atoms with Crippen molar-refractivity contribution in [1.82, 2.24) is 19.9 Å². The monoisotopic (exact) mass is 535 g/mol. The molecule has 202 valence electrons. The summed E-state index contributed by atoms with van der Waals surface area (Å²) >= 11 is 0. The normalized spacial score (nSPS) is 20.4. The molecule has 3 aromatic rings. The first kappa shape index (κ1) is 26.5. The van der Waals surface area contributed by atoms with Crippen LogP contribution in [0.2, 0.25) is 0 Å². The van der Waals surface area contributed by atoms with Gasteiger partial charge in [-0.15, -0.1) is 0 Å². The van der Waals surface area contributed by atoms with E-state index in [1.54, 1.807) is 24.8 Å². The van der Waals surface area contributed by atoms with Crippen LogP contribution in [0.1, 0.15) is 42.4 Å². The number of nitrogens with zero attached hydrogens (tertiary/aromatic N) is 6. The minimum atomic E-state index is -2.35. The van der Waals surface area contributed by atoms with E-state index in [0.717, 1.165) is 24.3 Å². The number of aliphatic hydroxyl groups is 1. The third-order valence-electron chi connectivity index (χ3n) is 7.52. The maximum absolute atomic E-state index is 12.2. The van der Waals surface area contributed by atoms with Crippen molar-refractivity contribution in [2.75, 3.05) is 56.0 Å². The average molecular weight is 536 g/mol. The summed E-state index contributed by atoms with van der Waals surface area (Å²) in [5, 5.41) is 13.6. The van der Waals surface area contributed by atoms with Crippen LogP contribution in [0.25, 0.3) is 0 Å². The van der Waals surface area contributed by atoms with Gasteiger partial charge in [-0.2, -0.15) is 9.35 Å². The number of rotatable bonds is 6. The summed E-state index contributed by atoms with van der Waals surface area (Å²) in [5.41, 5.74) is 3.95. The standard InChI is InChI=1S/C28H37N7O2S/c1-19-15-21(9-10-22(19)20-11-13-34(3)14-12-20)30-27-29-16-23-26(32-27)35(17-28(23,2)18-36)25-8-6-7-24(31-25)33-38(4,5)37/h6-10,15-16,20,36H,11-14,17-18H2,1-5H3,(H,29,30,32)/t28-/m1/s1. The molecule has 1 aromatic carbocycles. The summed E-state index contributed by atoms with van der Waals surface area (Å²) in [6.45, 7) is 6.88. The predicted octanol–water partition coefficient (Wildman–Crippen LogP) is 4.49. The van der Waals surface area contributed by atoms with Crippen molar-refractivity contribution in [3.05, 3.63) is 59.3 Å². The lowest BCUT2D eigenvalue weighted by Gasteiger charge is -2.30. The number of aliphatic hydroxyl groups excluding tert-OH is 1. The maximum Gasteiger partial charge on any atom is 0.229 e. The largest absolute Gasteiger partial charge is 0.395 e. The molecule has 0 bridgehead atoms. The Morgan fingerprint density at radius 1 is 1.18 bits per heavy atom. The molecular weight excluding hydrogens is 498 g/mol. The van der Waals surface area contributed by atoms with Gasteiger partial charge in [0.05, 0.1) is 6.61 Å². The number of aromatic nitrogens is 3. The number of piperidine rings is 1. The molecule has 4 heterocycles. The van der Waals surface area contributed by atoms with Gasteiger partial charge in [0, 0.05) is 51.6 Å². The van der Waals surface area contributed by atoms with E-state index < -0.39 is 15.1 Å². The molecule has 10 heteroatoms. The second-order valence-corrected chi connectivity index (χ2v) is 13.7. The summed E-state index contributed by atoms with van der Waals surface area (Å²) in [7, 11) is -0.159. The minimum absolute atomic E-state index is 0.0495. The van der Waals surface area contributed by atoms with Gasteiger partial charge >= 0.3 is 0 Å². The van der Waals surface area contributed by atoms with Gasteiger partial charge in [0.2, 0.25) is 5.95 Å². The van der Waals surface area contributed by atoms with E-state index >= 15 is 0 Å². The first-order valence-corrected chi connectivity index (χ1v) is 15.3. The van der Waals surface area contributed by atoms with Gasteiger partial charge < -0.3 is 20.2 Å². The second kappa shape index (κ2) is 10.2. The van der Waals surface area contributed by atoms with Crippen LogP contribution in [0.4, 0.5) is 29.1 Å². The van der Waals surface area contributed by atoms with Gasteiger partial charge in [-0.1, -0.05) is 19.1 Å². The number of nitrogens with one attached hydrogen (secondary N) is 1. The Labute approximate surface area is 225 Å². The lowest BCUT2D eigenvalue weighted by molar-refractivity contribution is 0.216. The molecule has 0 amide bonds. The Morgan fingerprint density at radius 3 is 2.63 bits per heavy atom. The zero-order chi connectivity index (χ0) is 27.1. The predicted molar refractivity (Wildman–Crippen MR) is 154 cm³/mol. The van der Waals surface area contributed by atoms with Crippen molar-refractivity contribution in [2.24, 2.45) is 4.36 Å². The molecule has 0 radical (unpaired) electrons. The van der Waals surface area contributed by atoms with Crippen molar-refractivity contribution < 1.29 is 9.32 Å². The molecule has 2 aromatic heterocycles. The van der Waals surface area contributed by atoms with E-state index in [4.69, 9.17) is 4.98 Å². The van der Waals surface area contributed by atoms with Crippen molar-refractivity contribution in [2.45, 2.75) is 38.0 Å². The highest BCUT2D eigenvalue weighted by molar-refractivity contribution is 7.92. The van der Waals surface area contributed by atoms with Crippen LogP contribution in [0.15, 0.2) is 47.0 Å². The lowest BCUT2D eigenvalue weighted by Crippen LogP contribution is -2.32. The molecule has 1 fully saturated rings. The number of hydrogen-bond donors (Lipinski definition) is 2. The fourth-order valence-electron chi connectivity index (χ4n) is 5.40. The number of likely N-dealkylation sites (tertiary alicyclic amines) is 1. The fraction of sp³-hybridized carbons (Fsp3) is 0.464. The van der Waals surface area contributed by atoms with E-state index in [2.05, 4.69) is 56.7 Å². The number of anilines is 4. The summed E-state index contributed by atoms with van der Waals surface area (Å²) in [6.07, 6.45) is 7.34. The average Bonchev–Trinajstić information content (AvgIpc) is 3.17. The van der Waals surface area contributed by atoms with Crippen molar-refractivity contribution >= 4 is 38.8 Å². The van der Waals surface area contributed by atoms with Gasteiger partial charge in [-0.05, 0) is 81.2 Å². The highest BCUT2D eigenvalue weighted by Crippen LogP contribution is 2.43. The van der Waals surface area contributed by atoms with Crippen molar-refractivity contribution in [3.8, 4) is 0 Å². The van der Waals surface area contributed by atoms with Crippen molar-refractivity contribution in [1.29, 1.82) is 0 Å². The summed E-state index contributed by atoms with van der Waals surface area (Å²) in [5.74, 6) is 2.82. The Morgan fingerprint density at radius 2 is 1.95 bits per heavy atom. The van der Waals surface area contributed by atoms with E-state index in [9.17, 15) is 9.32 Å². The van der Waals surface area contributed by atoms with Crippen molar-refractivity contribution in [3.63, 3.8) is 0 Å². The van der Waals surface area contributed by atoms with Gasteiger partial charge in [0.15, 0.2) is 5.82 Å². The Balaban J connectivity index is 1.44. The smallest absolute Gasteiger partial charge is 0.229 e. The fourth-order valence-corrected chi connectivity index (χ4v) is 5.95. The first-order valence-electron chi connectivity index (χ1n) is 13.0. The zero-order valence-corrected chi connectivity index (χ0v) is 23.6. The number of pyridine rings is 1. The molecule has 0 spiro atoms. The van der Waals surface area contributed by atoms with Gasteiger partial charge in [-0.25, -0.2) is 14.2 Å². The Bertz CT molecular complexity index is 1450. The molecule has 38 heavy (non-hydrogen) atoms. The molecule has 0 unspecified atom stereocenters. The van der Waals surface area contributed by atoms with Gasteiger partial charge in [-0.3, -0.25) is 0 Å². The zero-order valence-electron chi connectivity index (χ0n) is 22.8. The number of fused-ring (bicyclic) bond motifs is 1. The first-order chi connectivity index (χ1) is 18.0. The third-order valence-corrected chi connectivity index (χ3v) is 8.15. The molecule has 1 saturated heterocycles. The van der Waals surface area contributed by atoms with Gasteiger partial charge in [0.1, 0.15) is 11.6 Å². The van der Waals surface area contributed by atoms with E-state index in [1.807, 2.05) is 24.0 Å². The maximum atomic E-state index is 12.2. The van der Waals surface area contributed by atoms with E-state index in [1.165, 1.54) is 24.0 Å². The number of hydrogen-bond acceptors (Lipinski definition) is 9. The molecule has 0 aliphatic carbocycles. The van der Waals surface area contributed by atoms with Crippen LogP contribution >= 0.6 is 0 Å². The van der Waals surface area contributed by atoms with E-state index in [0.29, 0.717) is 35.9 Å². The number of benzene rings is 1. The van der Waals surface area contributed by atoms with Crippen LogP contribution in [0, 0.1) is 6.92 Å². The Hall–Kier alpha value is -3.08. The molecule has 2 N–H and O–H groups in total. The summed E-state index contributed by atoms with van der Waals surface area (Å²) in [4.78, 5) is 18.5. The molecular formula is C28H37N7O2S. The summed E-state index contributed by atoms with van der Waals surface area (Å²) in [6, 6.07) is 12.0. The second-order valence-electron chi connectivity index (χ2n) is 11.1. The quantitative estimate of drug-likeness (QED) is 0.475. The summed E-state index contributed by atoms with van der Waals surface area (Å²) < 4.78 is 16.5. The molecule has 0 saturated carbocycles. The highest BCUT2D eigenvalue weighted by Gasteiger charge is 2.41. The third kappa shape index (κ3) is 5.52. The van der Waals surface area contributed by atoms with Crippen LogP contribution in [-0.2, 0) is 15.1 Å². The van der Waals surface area contributed by atoms with Crippen LogP contribution < -0.4 is 10.2 Å². The Kier molecular flexibility index (Phi) is 7.15. The highest BCUT2D eigenvalue weighted by atomic mass is 32.2. The topological polar surface area (TPSA) is 107 Å². The molecule has 9 nitrogen and oxygen atoms in total. The molecule has 5 rings (SSSR count). The molecule has 1 atom stereocenters. The van der Waals surface area contributed by atoms with Crippen LogP contribution in [0.3, 0.4) is 0 Å². The SMILES string of the molecule is Cc1cc(Nc2ncc3c(n2)N(c2cccc(N=S(C)(C)=O)n2)C[C@]3(C)CO)ccc1C1CCN(C)CC1. The van der Waals surface area contributed by atoms with Crippen LogP contribution in [-0.4, -0.2) is 75.0 Å². The molecule has 2 aliphatic rings. The number of aryl methyl sites for hydroxylation is 1. The minimum Gasteiger partial charge on any atom is -0.395 e.